The van der Waals surface area contributed by atoms with Gasteiger partial charge in [0.1, 0.15) is 5.60 Å². The van der Waals surface area contributed by atoms with Gasteiger partial charge in [-0.15, -0.1) is 0 Å². The molecule has 0 saturated carbocycles. The van der Waals surface area contributed by atoms with E-state index in [0.29, 0.717) is 23.7 Å². The molecule has 1 heterocycles. The van der Waals surface area contributed by atoms with Gasteiger partial charge in [-0.3, -0.25) is 4.57 Å². The highest BCUT2D eigenvalue weighted by atomic mass is 16.6. The molecule has 1 unspecified atom stereocenters. The highest BCUT2D eigenvalue weighted by Gasteiger charge is 2.41. The molecule has 1 aromatic heterocycles. The van der Waals surface area contributed by atoms with E-state index in [0.717, 1.165) is 5.56 Å². The first kappa shape index (κ1) is 23.1. The molecule has 32 heavy (non-hydrogen) atoms. The Balaban J connectivity index is 2.03. The Morgan fingerprint density at radius 1 is 1.03 bits per heavy atom. The summed E-state index contributed by atoms with van der Waals surface area (Å²) in [6, 6.07) is 16.7. The van der Waals surface area contributed by atoms with Crippen LogP contribution in [0.1, 0.15) is 38.3 Å². The SMILES string of the molecule is COC(=O)C(O)(C#CCCc1ccccc1)c1cn(C(=O)OC(C)(C)C)c2ccccc12. The van der Waals surface area contributed by atoms with E-state index in [1.807, 2.05) is 30.3 Å². The summed E-state index contributed by atoms with van der Waals surface area (Å²) in [5.41, 5.74) is -1.19. The number of carbonyl (C=O) groups is 2. The maximum absolute atomic E-state index is 12.8. The van der Waals surface area contributed by atoms with Crippen molar-refractivity contribution in [1.29, 1.82) is 0 Å². The quantitative estimate of drug-likeness (QED) is 0.487. The van der Waals surface area contributed by atoms with E-state index in [2.05, 4.69) is 11.8 Å². The molecule has 6 nitrogen and oxygen atoms in total. The number of esters is 1. The maximum atomic E-state index is 12.8. The lowest BCUT2D eigenvalue weighted by Gasteiger charge is -2.20. The number of fused-ring (bicyclic) bond motifs is 1. The first-order chi connectivity index (χ1) is 15.2. The van der Waals surface area contributed by atoms with Gasteiger partial charge in [-0.1, -0.05) is 60.4 Å². The number of hydrogen-bond donors (Lipinski definition) is 1. The third-order valence-electron chi connectivity index (χ3n) is 4.82. The molecule has 0 spiro atoms. The molecule has 166 valence electrons. The molecule has 6 heteroatoms. The highest BCUT2D eigenvalue weighted by Crippen LogP contribution is 2.32. The first-order valence-electron chi connectivity index (χ1n) is 10.3. The van der Waals surface area contributed by atoms with E-state index in [1.165, 1.54) is 17.9 Å². The molecule has 0 fully saturated rings. The van der Waals surface area contributed by atoms with Gasteiger partial charge in [0, 0.05) is 23.6 Å². The number of benzene rings is 2. The second-order valence-corrected chi connectivity index (χ2v) is 8.40. The van der Waals surface area contributed by atoms with Gasteiger partial charge in [-0.05, 0) is 38.8 Å². The summed E-state index contributed by atoms with van der Waals surface area (Å²) < 4.78 is 11.6. The number of carbonyl (C=O) groups excluding carboxylic acids is 2. The number of aryl methyl sites for hydroxylation is 1. The van der Waals surface area contributed by atoms with E-state index >= 15 is 0 Å². The van der Waals surface area contributed by atoms with Gasteiger partial charge in [0.25, 0.3) is 5.60 Å². The standard InChI is InChI=1S/C26H27NO5/c1-25(2,3)32-24(29)27-18-21(20-15-8-9-16-22(20)27)26(30,23(28)31-4)17-11-10-14-19-12-6-5-7-13-19/h5-9,12-13,15-16,18,30H,10,14H2,1-4H3. The normalized spacial score (nSPS) is 13.0. The number of rotatable bonds is 4. The predicted molar refractivity (Wildman–Crippen MR) is 122 cm³/mol. The Morgan fingerprint density at radius 3 is 2.34 bits per heavy atom. The fourth-order valence-corrected chi connectivity index (χ4v) is 3.35. The fourth-order valence-electron chi connectivity index (χ4n) is 3.35. The first-order valence-corrected chi connectivity index (χ1v) is 10.3. The van der Waals surface area contributed by atoms with Crippen molar-refractivity contribution in [2.24, 2.45) is 0 Å². The van der Waals surface area contributed by atoms with E-state index in [4.69, 9.17) is 9.47 Å². The predicted octanol–water partition coefficient (Wildman–Crippen LogP) is 4.42. The topological polar surface area (TPSA) is 77.8 Å². The molecule has 0 bridgehead atoms. The molecule has 1 N–H and O–H groups in total. The zero-order valence-corrected chi connectivity index (χ0v) is 18.7. The molecule has 1 atom stereocenters. The Kier molecular flexibility index (Phi) is 6.71. The number of aromatic nitrogens is 1. The zero-order valence-electron chi connectivity index (χ0n) is 18.7. The molecule has 0 aliphatic carbocycles. The molecule has 0 saturated heterocycles. The van der Waals surface area contributed by atoms with Crippen molar-refractivity contribution >= 4 is 23.0 Å². The molecule has 0 amide bonds. The molecule has 0 radical (unpaired) electrons. The lowest BCUT2D eigenvalue weighted by atomic mass is 9.93. The number of nitrogens with zero attached hydrogens (tertiary/aromatic N) is 1. The summed E-state index contributed by atoms with van der Waals surface area (Å²) >= 11 is 0. The second-order valence-electron chi connectivity index (χ2n) is 8.40. The summed E-state index contributed by atoms with van der Waals surface area (Å²) in [6.07, 6.45) is 1.88. The van der Waals surface area contributed by atoms with Crippen LogP contribution in [0.2, 0.25) is 0 Å². The molecule has 0 aliphatic rings. The minimum absolute atomic E-state index is 0.165. The van der Waals surface area contributed by atoms with Crippen molar-refractivity contribution in [2.45, 2.75) is 44.8 Å². The summed E-state index contributed by atoms with van der Waals surface area (Å²) in [4.78, 5) is 25.4. The number of ether oxygens (including phenoxy) is 2. The van der Waals surface area contributed by atoms with Crippen LogP contribution < -0.4 is 0 Å². The second kappa shape index (κ2) is 9.29. The van der Waals surface area contributed by atoms with E-state index in [9.17, 15) is 14.7 Å². The highest BCUT2D eigenvalue weighted by molar-refractivity contribution is 5.97. The number of aliphatic hydroxyl groups is 1. The van der Waals surface area contributed by atoms with Crippen LogP contribution in [-0.2, 0) is 26.3 Å². The average Bonchev–Trinajstić information content (AvgIpc) is 3.16. The smallest absolute Gasteiger partial charge is 0.419 e. The summed E-state index contributed by atoms with van der Waals surface area (Å²) in [5.74, 6) is 4.68. The van der Waals surface area contributed by atoms with Crippen LogP contribution in [0.25, 0.3) is 10.9 Å². The van der Waals surface area contributed by atoms with Gasteiger partial charge in [-0.2, -0.15) is 0 Å². The van der Waals surface area contributed by atoms with Crippen molar-refractivity contribution in [3.05, 3.63) is 71.9 Å². The number of para-hydroxylation sites is 1. The van der Waals surface area contributed by atoms with Crippen molar-refractivity contribution in [1.82, 2.24) is 4.57 Å². The van der Waals surface area contributed by atoms with Crippen LogP contribution in [0.15, 0.2) is 60.8 Å². The molecular weight excluding hydrogens is 406 g/mol. The van der Waals surface area contributed by atoms with Gasteiger partial charge in [0.15, 0.2) is 0 Å². The lowest BCUT2D eigenvalue weighted by Crippen LogP contribution is -2.35. The Hall–Kier alpha value is -3.56. The summed E-state index contributed by atoms with van der Waals surface area (Å²) in [6.45, 7) is 5.29. The molecule has 2 aromatic carbocycles. The van der Waals surface area contributed by atoms with Crippen LogP contribution in [0.5, 0.6) is 0 Å². The lowest BCUT2D eigenvalue weighted by molar-refractivity contribution is -0.157. The van der Waals surface area contributed by atoms with Crippen LogP contribution in [0.4, 0.5) is 4.79 Å². The maximum Gasteiger partial charge on any atom is 0.419 e. The van der Waals surface area contributed by atoms with Crippen LogP contribution in [0.3, 0.4) is 0 Å². The zero-order chi connectivity index (χ0) is 23.4. The monoisotopic (exact) mass is 433 g/mol. The Labute approximate surface area is 187 Å². The van der Waals surface area contributed by atoms with Crippen molar-refractivity contribution in [2.75, 3.05) is 7.11 Å². The number of hydrogen-bond acceptors (Lipinski definition) is 5. The van der Waals surface area contributed by atoms with E-state index in [1.54, 1.807) is 45.0 Å². The summed E-state index contributed by atoms with van der Waals surface area (Å²) in [5, 5.41) is 11.9. The van der Waals surface area contributed by atoms with Crippen LogP contribution in [-0.4, -0.2) is 34.4 Å². The molecular formula is C26H27NO5. The average molecular weight is 434 g/mol. The largest absolute Gasteiger partial charge is 0.466 e. The van der Waals surface area contributed by atoms with Crippen LogP contribution >= 0.6 is 0 Å². The van der Waals surface area contributed by atoms with Crippen LogP contribution in [0, 0.1) is 11.8 Å². The van der Waals surface area contributed by atoms with Gasteiger partial charge in [0.05, 0.1) is 12.6 Å². The van der Waals surface area contributed by atoms with Gasteiger partial charge in [-0.25, -0.2) is 9.59 Å². The van der Waals surface area contributed by atoms with E-state index < -0.39 is 23.3 Å². The molecule has 0 aliphatic heterocycles. The fraction of sp³-hybridized carbons (Fsp3) is 0.308. The molecule has 3 rings (SSSR count). The van der Waals surface area contributed by atoms with Crippen molar-refractivity contribution < 1.29 is 24.2 Å². The van der Waals surface area contributed by atoms with Crippen molar-refractivity contribution in [3.63, 3.8) is 0 Å². The third-order valence-corrected chi connectivity index (χ3v) is 4.82. The summed E-state index contributed by atoms with van der Waals surface area (Å²) in [7, 11) is 1.19. The minimum atomic E-state index is -2.24. The van der Waals surface area contributed by atoms with Gasteiger partial charge >= 0.3 is 12.1 Å². The Bertz CT molecular complexity index is 1180. The minimum Gasteiger partial charge on any atom is -0.466 e. The van der Waals surface area contributed by atoms with Gasteiger partial charge in [0.2, 0.25) is 0 Å². The van der Waals surface area contributed by atoms with Crippen molar-refractivity contribution in [3.8, 4) is 11.8 Å². The Morgan fingerprint density at radius 2 is 1.69 bits per heavy atom. The number of methoxy groups -OCH3 is 1. The van der Waals surface area contributed by atoms with Gasteiger partial charge < -0.3 is 14.6 Å². The molecule has 3 aromatic rings. The third kappa shape index (κ3) is 5.01. The van der Waals surface area contributed by atoms with E-state index in [-0.39, 0.29) is 5.56 Å².